The van der Waals surface area contributed by atoms with E-state index < -0.39 is 5.97 Å². The Balaban J connectivity index is 3.34. The first-order valence-corrected chi connectivity index (χ1v) is 11.1. The Kier molecular flexibility index (Phi) is 17.8. The largest absolute Gasteiger partial charge is 0.478 e. The molecule has 0 aliphatic carbocycles. The minimum absolute atomic E-state index is 0.250. The second-order valence-corrected chi connectivity index (χ2v) is 8.00. The van der Waals surface area contributed by atoms with Gasteiger partial charge in [0, 0.05) is 23.7 Å². The minimum Gasteiger partial charge on any atom is -0.478 e. The van der Waals surface area contributed by atoms with Gasteiger partial charge >= 0.3 is 11.9 Å². The molecule has 0 heterocycles. The maximum Gasteiger partial charge on any atom is 0.330 e. The van der Waals surface area contributed by atoms with Gasteiger partial charge in [-0.2, -0.15) is 0 Å². The van der Waals surface area contributed by atoms with E-state index in [9.17, 15) is 9.59 Å². The third-order valence-electron chi connectivity index (χ3n) is 3.08. The highest BCUT2D eigenvalue weighted by Gasteiger charge is 1.97. The van der Waals surface area contributed by atoms with Gasteiger partial charge in [-0.25, -0.2) is 9.59 Å². The topological polar surface area (TPSA) is 63.6 Å². The van der Waals surface area contributed by atoms with Gasteiger partial charge in [-0.1, -0.05) is 72.8 Å². The first-order valence-electron chi connectivity index (χ1n) is 8.64. The van der Waals surface area contributed by atoms with E-state index in [1.165, 1.54) is 37.8 Å². The number of esters is 1. The van der Waals surface area contributed by atoms with Gasteiger partial charge in [-0.05, 0) is 19.3 Å². The molecule has 0 aliphatic rings. The van der Waals surface area contributed by atoms with Crippen LogP contribution in [0.25, 0.3) is 0 Å². The summed E-state index contributed by atoms with van der Waals surface area (Å²) in [4.78, 5) is 21.7. The highest BCUT2D eigenvalue weighted by atomic mass is 33.1. The molecular weight excluding hydrogens is 344 g/mol. The van der Waals surface area contributed by atoms with E-state index in [1.54, 1.807) is 27.7 Å². The van der Waals surface area contributed by atoms with Gasteiger partial charge in [0.25, 0.3) is 0 Å². The fraction of sp³-hybridized carbons (Fsp3) is 0.667. The van der Waals surface area contributed by atoms with Crippen LogP contribution >= 0.6 is 21.6 Å². The van der Waals surface area contributed by atoms with Crippen LogP contribution in [-0.2, 0) is 14.3 Å². The van der Waals surface area contributed by atoms with E-state index in [1.807, 2.05) is 6.08 Å². The van der Waals surface area contributed by atoms with Gasteiger partial charge in [0.05, 0.1) is 6.61 Å². The summed E-state index contributed by atoms with van der Waals surface area (Å²) in [5, 5.41) is 8.43. The summed E-state index contributed by atoms with van der Waals surface area (Å²) in [6, 6.07) is 0. The van der Waals surface area contributed by atoms with Crippen LogP contribution in [0.4, 0.5) is 0 Å². The summed E-state index contributed by atoms with van der Waals surface area (Å²) in [6.45, 7) is 2.72. The molecule has 138 valence electrons. The first-order chi connectivity index (χ1) is 11.7. The normalized spacial score (nSPS) is 11.4. The minimum atomic E-state index is -0.902. The summed E-state index contributed by atoms with van der Waals surface area (Å²) in [6.07, 6.45) is 14.9. The van der Waals surface area contributed by atoms with E-state index in [0.29, 0.717) is 6.61 Å². The number of aliphatic carboxylic acids is 1. The molecule has 0 aromatic rings. The van der Waals surface area contributed by atoms with Gasteiger partial charge in [0.1, 0.15) is 0 Å². The zero-order valence-electron chi connectivity index (χ0n) is 14.6. The van der Waals surface area contributed by atoms with Gasteiger partial charge in [-0.3, -0.25) is 0 Å². The number of carbonyl (C=O) groups excluding carboxylic acids is 1. The molecular formula is C18H30O4S2. The smallest absolute Gasteiger partial charge is 0.330 e. The quantitative estimate of drug-likeness (QED) is 0.172. The fourth-order valence-corrected chi connectivity index (χ4v) is 3.80. The average Bonchev–Trinajstić information content (AvgIpc) is 2.55. The molecule has 0 amide bonds. The van der Waals surface area contributed by atoms with Crippen LogP contribution < -0.4 is 0 Å². The molecule has 1 N–H and O–H groups in total. The molecule has 0 radical (unpaired) electrons. The predicted octanol–water partition coefficient (Wildman–Crippen LogP) is 5.25. The molecule has 0 spiro atoms. The third-order valence-corrected chi connectivity index (χ3v) is 5.55. The van der Waals surface area contributed by atoms with Crippen molar-refractivity contribution in [2.75, 3.05) is 18.1 Å². The highest BCUT2D eigenvalue weighted by Crippen LogP contribution is 2.22. The SMILES string of the molecule is CCCCCCCCOC(=O)C=CCCSSCCC=CC(=O)O. The van der Waals surface area contributed by atoms with E-state index >= 15 is 0 Å². The van der Waals surface area contributed by atoms with Gasteiger partial charge in [0.2, 0.25) is 0 Å². The van der Waals surface area contributed by atoms with E-state index in [-0.39, 0.29) is 5.97 Å². The number of carbonyl (C=O) groups is 2. The number of ether oxygens (including phenoxy) is 1. The van der Waals surface area contributed by atoms with Crippen LogP contribution in [0.2, 0.25) is 0 Å². The second kappa shape index (κ2) is 18.5. The summed E-state index contributed by atoms with van der Waals surface area (Å²) in [5.74, 6) is 0.661. The summed E-state index contributed by atoms with van der Waals surface area (Å²) in [7, 11) is 3.44. The zero-order chi connectivity index (χ0) is 17.9. The van der Waals surface area contributed by atoms with Crippen molar-refractivity contribution in [1.82, 2.24) is 0 Å². The van der Waals surface area contributed by atoms with E-state index in [0.717, 1.165) is 37.2 Å². The van der Waals surface area contributed by atoms with Crippen molar-refractivity contribution in [2.24, 2.45) is 0 Å². The Morgan fingerprint density at radius 3 is 2.12 bits per heavy atom. The molecule has 0 unspecified atom stereocenters. The average molecular weight is 375 g/mol. The fourth-order valence-electron chi connectivity index (χ4n) is 1.82. The van der Waals surface area contributed by atoms with E-state index in [2.05, 4.69) is 6.92 Å². The molecule has 0 aromatic heterocycles. The highest BCUT2D eigenvalue weighted by molar-refractivity contribution is 8.76. The number of carboxylic acid groups (broad SMARTS) is 1. The molecule has 0 saturated carbocycles. The molecule has 6 heteroatoms. The number of unbranched alkanes of at least 4 members (excludes halogenated alkanes) is 5. The van der Waals surface area contributed by atoms with Gasteiger partial charge < -0.3 is 9.84 Å². The predicted molar refractivity (Wildman–Crippen MR) is 104 cm³/mol. The number of allylic oxidation sites excluding steroid dienone is 2. The molecule has 0 aromatic carbocycles. The molecule has 0 aliphatic heterocycles. The van der Waals surface area contributed by atoms with Crippen LogP contribution in [-0.4, -0.2) is 35.2 Å². The number of hydrogen-bond donors (Lipinski definition) is 1. The van der Waals surface area contributed by atoms with Crippen molar-refractivity contribution in [2.45, 2.75) is 58.3 Å². The lowest BCUT2D eigenvalue weighted by Crippen LogP contribution is -2.02. The number of rotatable bonds is 16. The molecule has 24 heavy (non-hydrogen) atoms. The molecule has 0 saturated heterocycles. The number of hydrogen-bond acceptors (Lipinski definition) is 5. The molecule has 0 bridgehead atoms. The van der Waals surface area contributed by atoms with Crippen LogP contribution in [0.5, 0.6) is 0 Å². The maximum atomic E-state index is 11.5. The zero-order valence-corrected chi connectivity index (χ0v) is 16.2. The first kappa shape index (κ1) is 23.1. The second-order valence-electron chi connectivity index (χ2n) is 5.30. The van der Waals surface area contributed by atoms with Crippen LogP contribution in [0.3, 0.4) is 0 Å². The van der Waals surface area contributed by atoms with Crippen LogP contribution in [0.1, 0.15) is 58.3 Å². The lowest BCUT2D eigenvalue weighted by Gasteiger charge is -2.02. The van der Waals surface area contributed by atoms with Gasteiger partial charge in [0.15, 0.2) is 0 Å². The Hall–Kier alpha value is -0.880. The third kappa shape index (κ3) is 19.2. The standard InChI is InChI=1S/C18H30O4S2/c1-2-3-4-5-6-9-14-22-18(21)13-8-11-16-24-23-15-10-7-12-17(19)20/h7-8,12-13H,2-6,9-11,14-16H2,1H3,(H,19,20). The molecule has 0 atom stereocenters. The Labute approximate surface area is 153 Å². The number of carboxylic acids is 1. The molecule has 0 fully saturated rings. The monoisotopic (exact) mass is 374 g/mol. The summed E-state index contributed by atoms with van der Waals surface area (Å²) < 4.78 is 5.15. The molecule has 0 rings (SSSR count). The molecule has 4 nitrogen and oxygen atoms in total. The lowest BCUT2D eigenvalue weighted by molar-refractivity contribution is -0.138. The van der Waals surface area contributed by atoms with Crippen LogP contribution in [0.15, 0.2) is 24.3 Å². The van der Waals surface area contributed by atoms with Crippen molar-refractivity contribution < 1.29 is 19.4 Å². The van der Waals surface area contributed by atoms with Crippen molar-refractivity contribution in [1.29, 1.82) is 0 Å². The van der Waals surface area contributed by atoms with Crippen molar-refractivity contribution in [3.63, 3.8) is 0 Å². The summed E-state index contributed by atoms with van der Waals surface area (Å²) >= 11 is 0. The van der Waals surface area contributed by atoms with Crippen molar-refractivity contribution >= 4 is 33.5 Å². The van der Waals surface area contributed by atoms with Crippen molar-refractivity contribution in [3.8, 4) is 0 Å². The van der Waals surface area contributed by atoms with Gasteiger partial charge in [-0.15, -0.1) is 0 Å². The Morgan fingerprint density at radius 2 is 1.50 bits per heavy atom. The lowest BCUT2D eigenvalue weighted by atomic mass is 10.1. The Bertz CT molecular complexity index is 381. The Morgan fingerprint density at radius 1 is 0.917 bits per heavy atom. The van der Waals surface area contributed by atoms with E-state index in [4.69, 9.17) is 9.84 Å². The van der Waals surface area contributed by atoms with Crippen molar-refractivity contribution in [3.05, 3.63) is 24.3 Å². The maximum absolute atomic E-state index is 11.5. The van der Waals surface area contributed by atoms with Crippen LogP contribution in [0, 0.1) is 0 Å². The summed E-state index contributed by atoms with van der Waals surface area (Å²) in [5.41, 5.74) is 0.